The van der Waals surface area contributed by atoms with Crippen molar-refractivity contribution < 1.29 is 9.53 Å². The number of morpholine rings is 1. The maximum Gasteiger partial charge on any atom is 0.176 e. The zero-order valence-electron chi connectivity index (χ0n) is 12.1. The minimum absolute atomic E-state index is 0.153. The molecule has 21 heavy (non-hydrogen) atoms. The molecule has 0 aromatic heterocycles. The number of ether oxygens (including phenoxy) is 1. The van der Waals surface area contributed by atoms with Crippen LogP contribution in [0.3, 0.4) is 0 Å². The van der Waals surface area contributed by atoms with Crippen LogP contribution in [0.5, 0.6) is 0 Å². The van der Waals surface area contributed by atoms with E-state index in [0.717, 1.165) is 45.8 Å². The topological polar surface area (TPSA) is 32.8 Å². The van der Waals surface area contributed by atoms with Crippen LogP contribution in [0, 0.1) is 0 Å². The first-order valence-corrected chi connectivity index (χ1v) is 7.93. The van der Waals surface area contributed by atoms with E-state index in [1.165, 1.54) is 0 Å². The van der Waals surface area contributed by atoms with E-state index in [1.54, 1.807) is 12.1 Å². The normalized spacial score (nSPS) is 24.3. The molecule has 114 valence electrons. The van der Waals surface area contributed by atoms with Crippen molar-refractivity contribution in [3.63, 3.8) is 0 Å². The zero-order chi connectivity index (χ0) is 14.7. The first-order valence-electron chi connectivity index (χ1n) is 7.55. The van der Waals surface area contributed by atoms with Crippen LogP contribution in [-0.4, -0.2) is 67.6 Å². The predicted molar refractivity (Wildman–Crippen MR) is 83.0 cm³/mol. The van der Waals surface area contributed by atoms with Crippen molar-refractivity contribution in [2.24, 2.45) is 0 Å². The lowest BCUT2D eigenvalue weighted by atomic mass is 10.1. The molecule has 1 unspecified atom stereocenters. The summed E-state index contributed by atoms with van der Waals surface area (Å²) in [6.07, 6.45) is 1.14. The molecule has 0 saturated carbocycles. The van der Waals surface area contributed by atoms with Crippen LogP contribution in [-0.2, 0) is 4.74 Å². The van der Waals surface area contributed by atoms with E-state index in [2.05, 4.69) is 9.80 Å². The smallest absolute Gasteiger partial charge is 0.176 e. The Morgan fingerprint density at radius 1 is 1.29 bits per heavy atom. The lowest BCUT2D eigenvalue weighted by Crippen LogP contribution is -2.45. The van der Waals surface area contributed by atoms with Gasteiger partial charge in [-0.3, -0.25) is 14.6 Å². The molecule has 5 heteroatoms. The molecule has 0 bridgehead atoms. The van der Waals surface area contributed by atoms with Crippen molar-refractivity contribution >= 4 is 17.4 Å². The molecule has 1 aromatic carbocycles. The Balaban J connectivity index is 1.53. The van der Waals surface area contributed by atoms with Gasteiger partial charge < -0.3 is 4.74 Å². The second-order valence-electron chi connectivity index (χ2n) is 5.76. The molecule has 2 aliphatic heterocycles. The van der Waals surface area contributed by atoms with Gasteiger partial charge in [0.1, 0.15) is 0 Å². The summed E-state index contributed by atoms with van der Waals surface area (Å²) in [7, 11) is 0. The molecule has 0 amide bonds. The fourth-order valence-corrected chi connectivity index (χ4v) is 3.34. The lowest BCUT2D eigenvalue weighted by molar-refractivity contribution is 0.0185. The number of benzene rings is 1. The molecule has 0 spiro atoms. The monoisotopic (exact) mass is 308 g/mol. The van der Waals surface area contributed by atoms with Gasteiger partial charge in [-0.1, -0.05) is 23.7 Å². The molecular weight excluding hydrogens is 288 g/mol. The fraction of sp³-hybridized carbons (Fsp3) is 0.562. The molecule has 4 nitrogen and oxygen atoms in total. The fourth-order valence-electron chi connectivity index (χ4n) is 3.15. The quantitative estimate of drug-likeness (QED) is 0.796. The highest BCUT2D eigenvalue weighted by Gasteiger charge is 2.29. The summed E-state index contributed by atoms with van der Waals surface area (Å²) >= 11 is 5.95. The highest BCUT2D eigenvalue weighted by Crippen LogP contribution is 2.18. The van der Waals surface area contributed by atoms with E-state index >= 15 is 0 Å². The van der Waals surface area contributed by atoms with Crippen molar-refractivity contribution in [3.05, 3.63) is 34.9 Å². The number of Topliss-reactive ketones (excluding diaryl/α,β-unsaturated/α-hetero) is 1. The van der Waals surface area contributed by atoms with Gasteiger partial charge in [-0.05, 0) is 18.6 Å². The molecule has 3 rings (SSSR count). The van der Waals surface area contributed by atoms with Crippen molar-refractivity contribution in [2.75, 3.05) is 45.9 Å². The average Bonchev–Trinajstić information content (AvgIpc) is 2.97. The van der Waals surface area contributed by atoms with Crippen molar-refractivity contribution in [3.8, 4) is 0 Å². The van der Waals surface area contributed by atoms with Gasteiger partial charge in [0, 0.05) is 42.8 Å². The van der Waals surface area contributed by atoms with Crippen molar-refractivity contribution in [2.45, 2.75) is 12.5 Å². The van der Waals surface area contributed by atoms with Crippen molar-refractivity contribution in [1.29, 1.82) is 0 Å². The number of rotatable bonds is 4. The number of nitrogens with zero attached hydrogens (tertiary/aromatic N) is 2. The molecule has 2 aliphatic rings. The number of carbonyl (C=O) groups is 1. The molecule has 2 fully saturated rings. The minimum atomic E-state index is 0.153. The Labute approximate surface area is 130 Å². The number of ketones is 1. The van der Waals surface area contributed by atoms with Gasteiger partial charge in [-0.25, -0.2) is 0 Å². The summed E-state index contributed by atoms with van der Waals surface area (Å²) in [5.74, 6) is 0.153. The maximum atomic E-state index is 12.3. The predicted octanol–water partition coefficient (Wildman–Crippen LogP) is 1.93. The molecule has 2 saturated heterocycles. The number of halogens is 1. The van der Waals surface area contributed by atoms with Crippen LogP contribution < -0.4 is 0 Å². The SMILES string of the molecule is O=C(CN1CCC(N2CCOCC2)C1)c1cccc(Cl)c1. The number of carbonyl (C=O) groups excluding carboxylic acids is 1. The Morgan fingerprint density at radius 2 is 2.10 bits per heavy atom. The zero-order valence-corrected chi connectivity index (χ0v) is 12.9. The molecule has 1 aromatic rings. The summed E-state index contributed by atoms with van der Waals surface area (Å²) < 4.78 is 5.40. The van der Waals surface area contributed by atoms with Gasteiger partial charge in [-0.15, -0.1) is 0 Å². The second kappa shape index (κ2) is 6.88. The van der Waals surface area contributed by atoms with Gasteiger partial charge in [0.25, 0.3) is 0 Å². The molecular formula is C16H21ClN2O2. The standard InChI is InChI=1S/C16H21ClN2O2/c17-14-3-1-2-13(10-14)16(20)12-18-5-4-15(11-18)19-6-8-21-9-7-19/h1-3,10,15H,4-9,11-12H2. The van der Waals surface area contributed by atoms with Gasteiger partial charge in [0.15, 0.2) is 5.78 Å². The third-order valence-corrected chi connectivity index (χ3v) is 4.56. The van der Waals surface area contributed by atoms with E-state index in [4.69, 9.17) is 16.3 Å². The van der Waals surface area contributed by atoms with Crippen LogP contribution in [0.4, 0.5) is 0 Å². The van der Waals surface area contributed by atoms with Gasteiger partial charge >= 0.3 is 0 Å². The van der Waals surface area contributed by atoms with Crippen LogP contribution in [0.25, 0.3) is 0 Å². The Hall–Kier alpha value is -0.940. The van der Waals surface area contributed by atoms with E-state index < -0.39 is 0 Å². The number of hydrogen-bond donors (Lipinski definition) is 0. The summed E-state index contributed by atoms with van der Waals surface area (Å²) in [5.41, 5.74) is 0.706. The Bertz CT molecular complexity index is 503. The van der Waals surface area contributed by atoms with E-state index in [0.29, 0.717) is 23.2 Å². The third kappa shape index (κ3) is 3.83. The van der Waals surface area contributed by atoms with Crippen LogP contribution in [0.2, 0.25) is 5.02 Å². The second-order valence-corrected chi connectivity index (χ2v) is 6.20. The first kappa shape index (κ1) is 15.0. The third-order valence-electron chi connectivity index (χ3n) is 4.32. The molecule has 0 N–H and O–H groups in total. The van der Waals surface area contributed by atoms with E-state index in [9.17, 15) is 4.79 Å². The first-order chi connectivity index (χ1) is 10.2. The Morgan fingerprint density at radius 3 is 2.86 bits per heavy atom. The lowest BCUT2D eigenvalue weighted by Gasteiger charge is -2.32. The van der Waals surface area contributed by atoms with E-state index in [-0.39, 0.29) is 5.78 Å². The van der Waals surface area contributed by atoms with Gasteiger partial charge in [-0.2, -0.15) is 0 Å². The molecule has 0 radical (unpaired) electrons. The summed E-state index contributed by atoms with van der Waals surface area (Å²) in [6, 6.07) is 7.78. The van der Waals surface area contributed by atoms with Crippen molar-refractivity contribution in [1.82, 2.24) is 9.80 Å². The number of likely N-dealkylation sites (tertiary alicyclic amines) is 1. The highest BCUT2D eigenvalue weighted by molar-refractivity contribution is 6.31. The largest absolute Gasteiger partial charge is 0.379 e. The van der Waals surface area contributed by atoms with Gasteiger partial charge in [0.2, 0.25) is 0 Å². The molecule has 0 aliphatic carbocycles. The minimum Gasteiger partial charge on any atom is -0.379 e. The summed E-state index contributed by atoms with van der Waals surface area (Å²) in [4.78, 5) is 17.0. The average molecular weight is 309 g/mol. The van der Waals surface area contributed by atoms with E-state index in [1.807, 2.05) is 12.1 Å². The maximum absolute atomic E-state index is 12.3. The molecule has 1 atom stereocenters. The van der Waals surface area contributed by atoms with Crippen LogP contribution in [0.1, 0.15) is 16.8 Å². The summed E-state index contributed by atoms with van der Waals surface area (Å²) in [6.45, 7) is 6.15. The van der Waals surface area contributed by atoms with Gasteiger partial charge in [0.05, 0.1) is 19.8 Å². The van der Waals surface area contributed by atoms with Crippen LogP contribution >= 0.6 is 11.6 Å². The van der Waals surface area contributed by atoms with Crippen LogP contribution in [0.15, 0.2) is 24.3 Å². The summed E-state index contributed by atoms with van der Waals surface area (Å²) in [5, 5.41) is 0.619. The number of hydrogen-bond acceptors (Lipinski definition) is 4. The molecule has 2 heterocycles. The highest BCUT2D eigenvalue weighted by atomic mass is 35.5. The Kier molecular flexibility index (Phi) is 4.91.